The van der Waals surface area contributed by atoms with Crippen molar-refractivity contribution >= 4 is 15.9 Å². The minimum Gasteiger partial charge on any atom is -0.330 e. The Morgan fingerprint density at radius 1 is 1.38 bits per heavy atom. The van der Waals surface area contributed by atoms with Gasteiger partial charge in [-0.05, 0) is 51.2 Å². The molecule has 0 atom stereocenters. The van der Waals surface area contributed by atoms with Crippen LogP contribution in [0.15, 0.2) is 22.7 Å². The molecular formula is C12H18BrFN2. The Labute approximate surface area is 105 Å². The number of hydrogen-bond acceptors (Lipinski definition) is 2. The van der Waals surface area contributed by atoms with Crippen molar-refractivity contribution in [2.24, 2.45) is 5.73 Å². The van der Waals surface area contributed by atoms with E-state index in [1.165, 1.54) is 6.07 Å². The van der Waals surface area contributed by atoms with Gasteiger partial charge in [-0.2, -0.15) is 0 Å². The largest absolute Gasteiger partial charge is 0.330 e. The van der Waals surface area contributed by atoms with Crippen molar-refractivity contribution in [1.29, 1.82) is 0 Å². The van der Waals surface area contributed by atoms with Gasteiger partial charge in [0.15, 0.2) is 0 Å². The van der Waals surface area contributed by atoms with E-state index in [0.717, 1.165) is 36.0 Å². The van der Waals surface area contributed by atoms with Crippen molar-refractivity contribution < 1.29 is 4.39 Å². The number of hydrogen-bond donors (Lipinski definition) is 1. The first-order valence-electron chi connectivity index (χ1n) is 5.46. The van der Waals surface area contributed by atoms with Crippen LogP contribution in [0.3, 0.4) is 0 Å². The molecule has 1 rings (SSSR count). The first-order chi connectivity index (χ1) is 7.63. The molecule has 0 bridgehead atoms. The van der Waals surface area contributed by atoms with Gasteiger partial charge in [0.05, 0.1) is 0 Å². The predicted molar refractivity (Wildman–Crippen MR) is 68.7 cm³/mol. The van der Waals surface area contributed by atoms with Crippen molar-refractivity contribution in [3.63, 3.8) is 0 Å². The topological polar surface area (TPSA) is 29.3 Å². The molecule has 0 amide bonds. The van der Waals surface area contributed by atoms with Gasteiger partial charge in [-0.1, -0.05) is 15.9 Å². The molecule has 0 radical (unpaired) electrons. The Hall–Kier alpha value is -0.450. The number of halogens is 2. The van der Waals surface area contributed by atoms with Crippen LogP contribution in [0.2, 0.25) is 0 Å². The maximum Gasteiger partial charge on any atom is 0.127 e. The summed E-state index contributed by atoms with van der Waals surface area (Å²) in [5.41, 5.74) is 6.15. The molecule has 1 aromatic rings. The zero-order valence-electron chi connectivity index (χ0n) is 9.55. The van der Waals surface area contributed by atoms with E-state index < -0.39 is 0 Å². The normalized spacial score (nSPS) is 11.1. The van der Waals surface area contributed by atoms with Gasteiger partial charge in [0, 0.05) is 16.6 Å². The molecule has 0 aliphatic heterocycles. The quantitative estimate of drug-likeness (QED) is 0.816. The highest BCUT2D eigenvalue weighted by molar-refractivity contribution is 9.10. The zero-order chi connectivity index (χ0) is 12.0. The lowest BCUT2D eigenvalue weighted by atomic mass is 10.2. The van der Waals surface area contributed by atoms with E-state index in [1.807, 2.05) is 13.1 Å². The van der Waals surface area contributed by atoms with Gasteiger partial charge in [-0.25, -0.2) is 4.39 Å². The number of nitrogens with zero attached hydrogens (tertiary/aromatic N) is 1. The second-order valence-corrected chi connectivity index (χ2v) is 4.88. The van der Waals surface area contributed by atoms with Crippen molar-refractivity contribution in [2.45, 2.75) is 19.4 Å². The fourth-order valence-electron chi connectivity index (χ4n) is 1.56. The molecule has 0 aliphatic rings. The third kappa shape index (κ3) is 4.60. The summed E-state index contributed by atoms with van der Waals surface area (Å²) in [6.07, 6.45) is 2.08. The van der Waals surface area contributed by atoms with Crippen LogP contribution in [-0.2, 0) is 6.54 Å². The zero-order valence-corrected chi connectivity index (χ0v) is 11.1. The van der Waals surface area contributed by atoms with Gasteiger partial charge in [-0.3, -0.25) is 0 Å². The lowest BCUT2D eigenvalue weighted by molar-refractivity contribution is 0.314. The number of rotatable bonds is 6. The standard InChI is InChI=1S/C12H18BrFN2/c1-16(7-3-2-6-15)9-10-8-11(13)4-5-12(10)14/h4-5,8H,2-3,6-7,9,15H2,1H3. The van der Waals surface area contributed by atoms with Crippen molar-refractivity contribution in [2.75, 3.05) is 20.1 Å². The van der Waals surface area contributed by atoms with E-state index in [-0.39, 0.29) is 5.82 Å². The van der Waals surface area contributed by atoms with Crippen LogP contribution < -0.4 is 5.73 Å². The predicted octanol–water partition coefficient (Wildman–Crippen LogP) is 2.76. The molecule has 0 unspecified atom stereocenters. The van der Waals surface area contributed by atoms with Crippen LogP contribution in [0, 0.1) is 5.82 Å². The summed E-state index contributed by atoms with van der Waals surface area (Å²) in [5.74, 6) is -0.145. The van der Waals surface area contributed by atoms with E-state index >= 15 is 0 Å². The fourth-order valence-corrected chi connectivity index (χ4v) is 1.97. The van der Waals surface area contributed by atoms with Crippen LogP contribution in [0.5, 0.6) is 0 Å². The van der Waals surface area contributed by atoms with E-state index in [2.05, 4.69) is 20.8 Å². The van der Waals surface area contributed by atoms with Gasteiger partial charge < -0.3 is 10.6 Å². The van der Waals surface area contributed by atoms with E-state index in [0.29, 0.717) is 6.54 Å². The molecule has 4 heteroatoms. The summed E-state index contributed by atoms with van der Waals surface area (Å²) in [7, 11) is 2.00. The van der Waals surface area contributed by atoms with Crippen LogP contribution in [0.1, 0.15) is 18.4 Å². The molecule has 0 aromatic heterocycles. The van der Waals surface area contributed by atoms with Crippen molar-refractivity contribution in [3.8, 4) is 0 Å². The maximum atomic E-state index is 13.5. The minimum absolute atomic E-state index is 0.145. The molecular weight excluding hydrogens is 271 g/mol. The van der Waals surface area contributed by atoms with E-state index in [4.69, 9.17) is 5.73 Å². The molecule has 1 aromatic carbocycles. The van der Waals surface area contributed by atoms with Crippen LogP contribution in [-0.4, -0.2) is 25.0 Å². The van der Waals surface area contributed by atoms with Gasteiger partial charge in [-0.15, -0.1) is 0 Å². The molecule has 0 saturated heterocycles. The lowest BCUT2D eigenvalue weighted by Crippen LogP contribution is -2.20. The molecule has 0 heterocycles. The molecule has 16 heavy (non-hydrogen) atoms. The van der Waals surface area contributed by atoms with E-state index in [1.54, 1.807) is 6.07 Å². The Morgan fingerprint density at radius 2 is 2.12 bits per heavy atom. The Kier molecular flexibility index (Phi) is 5.95. The summed E-state index contributed by atoms with van der Waals surface area (Å²) in [6, 6.07) is 5.04. The number of benzene rings is 1. The molecule has 0 fully saturated rings. The molecule has 2 nitrogen and oxygen atoms in total. The first kappa shape index (κ1) is 13.6. The summed E-state index contributed by atoms with van der Waals surface area (Å²) in [5, 5.41) is 0. The molecule has 0 aliphatic carbocycles. The molecule has 90 valence electrons. The number of unbranched alkanes of at least 4 members (excludes halogenated alkanes) is 1. The third-order valence-corrected chi connectivity index (χ3v) is 2.94. The molecule has 0 saturated carbocycles. The van der Waals surface area contributed by atoms with Gasteiger partial charge in [0.1, 0.15) is 5.82 Å². The summed E-state index contributed by atoms with van der Waals surface area (Å²) in [6.45, 7) is 2.30. The monoisotopic (exact) mass is 288 g/mol. The molecule has 0 spiro atoms. The summed E-state index contributed by atoms with van der Waals surface area (Å²) >= 11 is 3.35. The van der Waals surface area contributed by atoms with Crippen LogP contribution in [0.25, 0.3) is 0 Å². The highest BCUT2D eigenvalue weighted by atomic mass is 79.9. The van der Waals surface area contributed by atoms with Crippen LogP contribution in [0.4, 0.5) is 4.39 Å². The second-order valence-electron chi connectivity index (χ2n) is 3.97. The van der Waals surface area contributed by atoms with Gasteiger partial charge in [0.25, 0.3) is 0 Å². The number of nitrogens with two attached hydrogens (primary N) is 1. The van der Waals surface area contributed by atoms with E-state index in [9.17, 15) is 4.39 Å². The smallest absolute Gasteiger partial charge is 0.127 e. The average Bonchev–Trinajstić information content (AvgIpc) is 2.24. The summed E-state index contributed by atoms with van der Waals surface area (Å²) < 4.78 is 14.4. The lowest BCUT2D eigenvalue weighted by Gasteiger charge is -2.16. The summed E-state index contributed by atoms with van der Waals surface area (Å²) in [4.78, 5) is 2.11. The third-order valence-electron chi connectivity index (χ3n) is 2.44. The maximum absolute atomic E-state index is 13.5. The van der Waals surface area contributed by atoms with Crippen LogP contribution >= 0.6 is 15.9 Å². The second kappa shape index (κ2) is 6.99. The van der Waals surface area contributed by atoms with Crippen molar-refractivity contribution in [3.05, 3.63) is 34.1 Å². The van der Waals surface area contributed by atoms with Gasteiger partial charge in [0.2, 0.25) is 0 Å². The average molecular weight is 289 g/mol. The fraction of sp³-hybridized carbons (Fsp3) is 0.500. The molecule has 2 N–H and O–H groups in total. The van der Waals surface area contributed by atoms with Gasteiger partial charge >= 0.3 is 0 Å². The Morgan fingerprint density at radius 3 is 2.81 bits per heavy atom. The SMILES string of the molecule is CN(CCCCN)Cc1cc(Br)ccc1F. The highest BCUT2D eigenvalue weighted by Gasteiger charge is 2.06. The Balaban J connectivity index is 2.48. The van der Waals surface area contributed by atoms with Crippen molar-refractivity contribution in [1.82, 2.24) is 4.90 Å². The first-order valence-corrected chi connectivity index (χ1v) is 6.25. The minimum atomic E-state index is -0.145. The highest BCUT2D eigenvalue weighted by Crippen LogP contribution is 2.16. The Bertz CT molecular complexity index is 331.